The number of hydrogen-bond acceptors (Lipinski definition) is 11. The highest BCUT2D eigenvalue weighted by Gasteiger charge is 2.36. The number of ether oxygens (including phenoxy) is 1. The summed E-state index contributed by atoms with van der Waals surface area (Å²) in [6.07, 6.45) is -1.85. The second-order valence-corrected chi connectivity index (χ2v) is 13.7. The van der Waals surface area contributed by atoms with E-state index in [9.17, 15) is 34.8 Å². The minimum absolute atomic E-state index is 0.223. The molecule has 0 saturated carbocycles. The maximum Gasteiger partial charge on any atom is 0.417 e. The predicted molar refractivity (Wildman–Crippen MR) is 155 cm³/mol. The van der Waals surface area contributed by atoms with Gasteiger partial charge in [0.2, 0.25) is 10.0 Å². The molecule has 5 heterocycles. The second kappa shape index (κ2) is 13.4. The van der Waals surface area contributed by atoms with Crippen molar-refractivity contribution in [2.75, 3.05) is 75.2 Å². The Hall–Kier alpha value is -3.63. The number of piperazine rings is 1. The van der Waals surface area contributed by atoms with Crippen molar-refractivity contribution in [1.82, 2.24) is 28.8 Å². The molecule has 2 fully saturated rings. The lowest BCUT2D eigenvalue weighted by molar-refractivity contribution is -0.137. The molecular formula is C24H31F3N8O8S2. The number of hydrogen-bond donors (Lipinski definition) is 3. The number of carbonyl (C=O) groups is 1. The lowest BCUT2D eigenvalue weighted by Crippen LogP contribution is -2.47. The SMILES string of the molecule is CS(=O)(=O)N1CCN(Cc2cc3c(N4CCOCC4)nc(-c4cnc(NC(=O)O)cc4C(F)(F)F)nn3c2)CC1.CS(=O)(=O)O. The van der Waals surface area contributed by atoms with Gasteiger partial charge in [-0.3, -0.25) is 14.8 Å². The number of alkyl halides is 3. The second-order valence-electron chi connectivity index (χ2n) is 10.3. The van der Waals surface area contributed by atoms with Crippen LogP contribution in [-0.4, -0.2) is 126 Å². The van der Waals surface area contributed by atoms with Gasteiger partial charge < -0.3 is 14.7 Å². The van der Waals surface area contributed by atoms with Crippen LogP contribution in [0, 0.1) is 0 Å². The number of sulfonamides is 1. The Labute approximate surface area is 256 Å². The fourth-order valence-corrected chi connectivity index (χ4v) is 5.60. The van der Waals surface area contributed by atoms with E-state index in [-0.39, 0.29) is 5.82 Å². The van der Waals surface area contributed by atoms with Crippen LogP contribution in [0.5, 0.6) is 0 Å². The molecule has 3 N–H and O–H groups in total. The summed E-state index contributed by atoms with van der Waals surface area (Å²) in [7, 11) is -6.93. The number of nitrogens with zero attached hydrogens (tertiary/aromatic N) is 7. The molecule has 2 aliphatic rings. The van der Waals surface area contributed by atoms with E-state index in [1.54, 1.807) is 6.20 Å². The number of rotatable bonds is 6. The molecule has 5 rings (SSSR count). The van der Waals surface area contributed by atoms with E-state index < -0.39 is 49.4 Å². The van der Waals surface area contributed by atoms with E-state index in [1.165, 1.54) is 15.1 Å². The predicted octanol–water partition coefficient (Wildman–Crippen LogP) is 1.32. The summed E-state index contributed by atoms with van der Waals surface area (Å²) in [4.78, 5) is 23.3. The van der Waals surface area contributed by atoms with Crippen LogP contribution >= 0.6 is 0 Å². The van der Waals surface area contributed by atoms with Gasteiger partial charge in [0.15, 0.2) is 11.6 Å². The molecule has 0 atom stereocenters. The zero-order valence-electron chi connectivity index (χ0n) is 24.1. The fourth-order valence-electron chi connectivity index (χ4n) is 4.77. The highest BCUT2D eigenvalue weighted by atomic mass is 32.2. The molecule has 0 bridgehead atoms. The molecule has 0 aliphatic carbocycles. The molecule has 0 unspecified atom stereocenters. The van der Waals surface area contributed by atoms with E-state index in [4.69, 9.17) is 14.4 Å². The van der Waals surface area contributed by atoms with Gasteiger partial charge in [0.05, 0.1) is 36.9 Å². The molecule has 1 amide bonds. The molecule has 2 aliphatic heterocycles. The zero-order valence-corrected chi connectivity index (χ0v) is 25.7. The van der Waals surface area contributed by atoms with Crippen LogP contribution in [-0.2, 0) is 37.6 Å². The third-order valence-corrected chi connectivity index (χ3v) is 8.01. The number of carboxylic acid groups (broad SMARTS) is 1. The normalized spacial score (nSPS) is 17.2. The maximum atomic E-state index is 14.0. The van der Waals surface area contributed by atoms with E-state index >= 15 is 0 Å². The van der Waals surface area contributed by atoms with Crippen LogP contribution in [0.4, 0.5) is 29.6 Å². The van der Waals surface area contributed by atoms with Crippen molar-refractivity contribution in [2.24, 2.45) is 0 Å². The maximum absolute atomic E-state index is 14.0. The quantitative estimate of drug-likeness (QED) is 0.315. The molecule has 3 aromatic rings. The first-order chi connectivity index (χ1) is 20.9. The highest BCUT2D eigenvalue weighted by molar-refractivity contribution is 7.88. The minimum Gasteiger partial charge on any atom is -0.465 e. The lowest BCUT2D eigenvalue weighted by Gasteiger charge is -2.32. The van der Waals surface area contributed by atoms with Crippen molar-refractivity contribution >= 4 is 43.4 Å². The van der Waals surface area contributed by atoms with Crippen molar-refractivity contribution in [3.63, 3.8) is 0 Å². The van der Waals surface area contributed by atoms with Crippen LogP contribution in [0.3, 0.4) is 0 Å². The monoisotopic (exact) mass is 680 g/mol. The van der Waals surface area contributed by atoms with Crippen molar-refractivity contribution < 1.29 is 49.2 Å². The Kier molecular flexibility index (Phi) is 10.2. The van der Waals surface area contributed by atoms with Gasteiger partial charge in [-0.2, -0.15) is 25.9 Å². The van der Waals surface area contributed by atoms with Gasteiger partial charge >= 0.3 is 12.3 Å². The van der Waals surface area contributed by atoms with Crippen LogP contribution in [0.25, 0.3) is 16.9 Å². The lowest BCUT2D eigenvalue weighted by atomic mass is 10.1. The van der Waals surface area contributed by atoms with Crippen LogP contribution < -0.4 is 10.2 Å². The molecule has 0 radical (unpaired) electrons. The average Bonchev–Trinajstić information content (AvgIpc) is 3.33. The van der Waals surface area contributed by atoms with Gasteiger partial charge in [-0.25, -0.2) is 27.7 Å². The van der Waals surface area contributed by atoms with Crippen LogP contribution in [0.2, 0.25) is 0 Å². The number of fused-ring (bicyclic) bond motifs is 1. The smallest absolute Gasteiger partial charge is 0.417 e. The molecule has 21 heteroatoms. The number of amides is 1. The fraction of sp³-hybridized carbons (Fsp3) is 0.500. The number of anilines is 2. The molecular weight excluding hydrogens is 649 g/mol. The first-order valence-corrected chi connectivity index (χ1v) is 17.0. The van der Waals surface area contributed by atoms with Gasteiger partial charge in [-0.05, 0) is 17.7 Å². The topological polar surface area (TPSA) is 200 Å². The summed E-state index contributed by atoms with van der Waals surface area (Å²) in [6, 6.07) is 2.49. The third kappa shape index (κ3) is 9.43. The van der Waals surface area contributed by atoms with Crippen molar-refractivity contribution in [3.8, 4) is 11.4 Å². The first-order valence-electron chi connectivity index (χ1n) is 13.3. The minimum atomic E-state index is -4.83. The van der Waals surface area contributed by atoms with Gasteiger partial charge in [-0.15, -0.1) is 5.10 Å². The molecule has 45 heavy (non-hydrogen) atoms. The number of pyridine rings is 1. The Morgan fingerprint density at radius 1 is 1.04 bits per heavy atom. The van der Waals surface area contributed by atoms with Crippen LogP contribution in [0.15, 0.2) is 24.5 Å². The first kappa shape index (κ1) is 34.2. The van der Waals surface area contributed by atoms with Crippen molar-refractivity contribution in [2.45, 2.75) is 12.7 Å². The van der Waals surface area contributed by atoms with Gasteiger partial charge in [0.1, 0.15) is 11.3 Å². The Morgan fingerprint density at radius 2 is 1.67 bits per heavy atom. The zero-order chi connectivity index (χ0) is 33.2. The summed E-state index contributed by atoms with van der Waals surface area (Å²) >= 11 is 0. The highest BCUT2D eigenvalue weighted by Crippen LogP contribution is 2.38. The number of morpholine rings is 1. The van der Waals surface area contributed by atoms with Gasteiger partial charge in [0, 0.05) is 58.2 Å². The average molecular weight is 681 g/mol. The molecule has 2 saturated heterocycles. The van der Waals surface area contributed by atoms with Crippen molar-refractivity contribution in [3.05, 3.63) is 35.7 Å². The summed E-state index contributed by atoms with van der Waals surface area (Å²) in [6.45, 7) is 4.10. The van der Waals surface area contributed by atoms with E-state index in [0.29, 0.717) is 82.7 Å². The van der Waals surface area contributed by atoms with Crippen molar-refractivity contribution in [1.29, 1.82) is 0 Å². The summed E-state index contributed by atoms with van der Waals surface area (Å²) in [5.41, 5.74) is -0.0910. The standard InChI is InChI=1S/C23H27F3N8O5S.CH4O3S/c1-40(37,38)33-4-2-31(3-5-33)13-15-10-18-21(32-6-8-39-9-7-32)29-20(30-34(18)14-15)16-12-27-19(28-22(35)36)11-17(16)23(24,25)26;1-5(2,3)4/h10-12,14H,2-9,13H2,1H3,(H,27,28)(H,35,36);1H3,(H,2,3,4). The Balaban J connectivity index is 0.000000854. The van der Waals surface area contributed by atoms with E-state index in [1.807, 2.05) is 16.3 Å². The van der Waals surface area contributed by atoms with Gasteiger partial charge in [0.25, 0.3) is 10.1 Å². The third-order valence-electron chi connectivity index (χ3n) is 6.70. The summed E-state index contributed by atoms with van der Waals surface area (Å²) < 4.78 is 100. The van der Waals surface area contributed by atoms with E-state index in [2.05, 4.69) is 20.0 Å². The number of nitrogens with one attached hydrogen (secondary N) is 1. The largest absolute Gasteiger partial charge is 0.465 e. The molecule has 16 nitrogen and oxygen atoms in total. The Morgan fingerprint density at radius 3 is 2.22 bits per heavy atom. The molecule has 0 aromatic carbocycles. The molecule has 0 spiro atoms. The number of aromatic nitrogens is 4. The molecule has 248 valence electrons. The summed E-state index contributed by atoms with van der Waals surface area (Å²) in [5, 5.41) is 15.1. The van der Waals surface area contributed by atoms with E-state index in [0.717, 1.165) is 11.8 Å². The Bertz CT molecular complexity index is 1750. The van der Waals surface area contributed by atoms with Crippen LogP contribution in [0.1, 0.15) is 11.1 Å². The summed E-state index contributed by atoms with van der Waals surface area (Å²) in [5.74, 6) is -0.265. The number of halogens is 3. The van der Waals surface area contributed by atoms with Gasteiger partial charge in [-0.1, -0.05) is 0 Å². The molecule has 3 aromatic heterocycles.